The highest BCUT2D eigenvalue weighted by atomic mass is 19.4. The average Bonchev–Trinajstić information content (AvgIpc) is 3.09. The average molecular weight is 337 g/mol. The molecule has 1 aromatic carbocycles. The second-order valence-electron chi connectivity index (χ2n) is 5.96. The van der Waals surface area contributed by atoms with E-state index < -0.39 is 18.1 Å². The molecule has 0 N–H and O–H groups in total. The number of likely N-dealkylation sites (tertiary alicyclic amines) is 1. The molecule has 0 bridgehead atoms. The van der Waals surface area contributed by atoms with E-state index >= 15 is 0 Å². The van der Waals surface area contributed by atoms with Gasteiger partial charge in [0.15, 0.2) is 6.04 Å². The second-order valence-corrected chi connectivity index (χ2v) is 5.96. The smallest absolute Gasteiger partial charge is 0.340 e. The minimum atomic E-state index is -4.27. The van der Waals surface area contributed by atoms with Gasteiger partial charge in [-0.15, -0.1) is 0 Å². The molecule has 1 saturated heterocycles. The van der Waals surface area contributed by atoms with Crippen LogP contribution in [-0.4, -0.2) is 39.9 Å². The van der Waals surface area contributed by atoms with Gasteiger partial charge in [-0.3, -0.25) is 9.48 Å². The Morgan fingerprint density at radius 1 is 1.21 bits per heavy atom. The van der Waals surface area contributed by atoms with Crippen LogP contribution in [0.15, 0.2) is 48.8 Å². The van der Waals surface area contributed by atoms with Gasteiger partial charge in [0, 0.05) is 25.5 Å². The third-order valence-corrected chi connectivity index (χ3v) is 4.33. The first-order chi connectivity index (χ1) is 11.5. The highest BCUT2D eigenvalue weighted by molar-refractivity contribution is 5.83. The molecular weight excluding hydrogens is 319 g/mol. The van der Waals surface area contributed by atoms with Crippen LogP contribution >= 0.6 is 0 Å². The molecule has 3 rings (SSSR count). The Bertz CT molecular complexity index is 670. The van der Waals surface area contributed by atoms with E-state index in [1.54, 1.807) is 42.7 Å². The summed E-state index contributed by atoms with van der Waals surface area (Å²) in [5.74, 6) is -1.80. The Balaban J connectivity index is 1.87. The van der Waals surface area contributed by atoms with Crippen molar-refractivity contribution in [3.8, 4) is 0 Å². The Hall–Kier alpha value is -2.31. The summed E-state index contributed by atoms with van der Waals surface area (Å²) in [4.78, 5) is 14.3. The molecule has 0 saturated carbocycles. The van der Waals surface area contributed by atoms with Gasteiger partial charge in [-0.1, -0.05) is 30.3 Å². The summed E-state index contributed by atoms with van der Waals surface area (Å²) in [6.45, 7) is 0.0585. The van der Waals surface area contributed by atoms with E-state index in [0.29, 0.717) is 18.5 Å². The van der Waals surface area contributed by atoms with E-state index in [-0.39, 0.29) is 18.9 Å². The molecule has 0 spiro atoms. The lowest BCUT2D eigenvalue weighted by atomic mass is 9.96. The zero-order chi connectivity index (χ0) is 17.2. The van der Waals surface area contributed by atoms with Crippen molar-refractivity contribution in [2.75, 3.05) is 13.1 Å². The van der Waals surface area contributed by atoms with Crippen LogP contribution in [0.2, 0.25) is 0 Å². The maximum Gasteiger partial charge on any atom is 0.393 e. The van der Waals surface area contributed by atoms with E-state index in [4.69, 9.17) is 0 Å². The van der Waals surface area contributed by atoms with Gasteiger partial charge in [0.2, 0.25) is 0 Å². The van der Waals surface area contributed by atoms with Crippen LogP contribution < -0.4 is 0 Å². The molecule has 1 fully saturated rings. The molecule has 0 aliphatic carbocycles. The number of nitrogens with zero attached hydrogens (tertiary/aromatic N) is 3. The van der Waals surface area contributed by atoms with Crippen LogP contribution in [0.25, 0.3) is 0 Å². The minimum absolute atomic E-state index is 0.0745. The van der Waals surface area contributed by atoms with Gasteiger partial charge in [0.05, 0.1) is 5.92 Å². The Labute approximate surface area is 137 Å². The van der Waals surface area contributed by atoms with Gasteiger partial charge in [0.1, 0.15) is 0 Å². The number of halogens is 3. The van der Waals surface area contributed by atoms with Gasteiger partial charge in [-0.25, -0.2) is 0 Å². The Morgan fingerprint density at radius 3 is 2.58 bits per heavy atom. The molecule has 2 aromatic rings. The van der Waals surface area contributed by atoms with E-state index in [1.807, 2.05) is 6.07 Å². The van der Waals surface area contributed by atoms with E-state index in [9.17, 15) is 18.0 Å². The summed E-state index contributed by atoms with van der Waals surface area (Å²) >= 11 is 0. The standard InChI is InChI=1S/C17H18F3N3O/c18-17(19,20)14-8-4-10-22(12-14)16(24)15(23-11-5-9-21-23)13-6-2-1-3-7-13/h1-3,5-7,9,11,14-15H,4,8,10,12H2. The first-order valence-electron chi connectivity index (χ1n) is 7.86. The zero-order valence-corrected chi connectivity index (χ0v) is 13.0. The first kappa shape index (κ1) is 16.5. The lowest BCUT2D eigenvalue weighted by Gasteiger charge is -2.35. The number of benzene rings is 1. The largest absolute Gasteiger partial charge is 0.393 e. The first-order valence-corrected chi connectivity index (χ1v) is 7.86. The Morgan fingerprint density at radius 2 is 1.96 bits per heavy atom. The normalized spacial score (nSPS) is 20.0. The number of carbonyl (C=O) groups excluding carboxylic acids is 1. The molecule has 128 valence electrons. The van der Waals surface area contributed by atoms with Crippen molar-refractivity contribution in [2.24, 2.45) is 5.92 Å². The molecular formula is C17H18F3N3O. The van der Waals surface area contributed by atoms with Crippen LogP contribution in [0.1, 0.15) is 24.4 Å². The highest BCUT2D eigenvalue weighted by Crippen LogP contribution is 2.34. The van der Waals surface area contributed by atoms with Gasteiger partial charge in [-0.2, -0.15) is 18.3 Å². The van der Waals surface area contributed by atoms with Crippen molar-refractivity contribution < 1.29 is 18.0 Å². The number of amides is 1. The van der Waals surface area contributed by atoms with Crippen LogP contribution in [0.4, 0.5) is 13.2 Å². The molecule has 0 radical (unpaired) electrons. The fourth-order valence-electron chi connectivity index (χ4n) is 3.09. The molecule has 24 heavy (non-hydrogen) atoms. The highest BCUT2D eigenvalue weighted by Gasteiger charge is 2.43. The summed E-state index contributed by atoms with van der Waals surface area (Å²) in [5.41, 5.74) is 0.709. The number of hydrogen-bond donors (Lipinski definition) is 0. The maximum absolute atomic E-state index is 13.0. The van der Waals surface area contributed by atoms with Crippen LogP contribution in [-0.2, 0) is 4.79 Å². The zero-order valence-electron chi connectivity index (χ0n) is 13.0. The topological polar surface area (TPSA) is 38.1 Å². The molecule has 1 amide bonds. The van der Waals surface area contributed by atoms with Crippen LogP contribution in [0.5, 0.6) is 0 Å². The van der Waals surface area contributed by atoms with Crippen molar-refractivity contribution in [2.45, 2.75) is 25.1 Å². The number of piperidine rings is 1. The summed E-state index contributed by atoms with van der Waals surface area (Å²) in [7, 11) is 0. The SMILES string of the molecule is O=C(C(c1ccccc1)n1cccn1)N1CCCC(C(F)(F)F)C1. The van der Waals surface area contributed by atoms with E-state index in [1.165, 1.54) is 9.58 Å². The molecule has 2 atom stereocenters. The van der Waals surface area contributed by atoms with E-state index in [2.05, 4.69) is 5.10 Å². The number of carbonyl (C=O) groups is 1. The molecule has 4 nitrogen and oxygen atoms in total. The third-order valence-electron chi connectivity index (χ3n) is 4.33. The van der Waals surface area contributed by atoms with Gasteiger partial charge in [-0.05, 0) is 24.5 Å². The minimum Gasteiger partial charge on any atom is -0.340 e. The lowest BCUT2D eigenvalue weighted by molar-refractivity contribution is -0.188. The number of rotatable bonds is 3. The van der Waals surface area contributed by atoms with Gasteiger partial charge < -0.3 is 4.90 Å². The predicted octanol–water partition coefficient (Wildman–Crippen LogP) is 3.27. The predicted molar refractivity (Wildman–Crippen MR) is 82.2 cm³/mol. The van der Waals surface area contributed by atoms with Crippen molar-refractivity contribution in [3.05, 3.63) is 54.4 Å². The van der Waals surface area contributed by atoms with Crippen molar-refractivity contribution in [1.29, 1.82) is 0 Å². The second kappa shape index (κ2) is 6.67. The van der Waals surface area contributed by atoms with Gasteiger partial charge >= 0.3 is 6.18 Å². The summed E-state index contributed by atoms with van der Waals surface area (Å²) in [6.07, 6.45) is -0.632. The third kappa shape index (κ3) is 3.44. The fourth-order valence-corrected chi connectivity index (χ4v) is 3.09. The van der Waals surface area contributed by atoms with Crippen LogP contribution in [0.3, 0.4) is 0 Å². The fraction of sp³-hybridized carbons (Fsp3) is 0.412. The molecule has 2 heterocycles. The summed E-state index contributed by atoms with van der Waals surface area (Å²) < 4.78 is 40.6. The molecule has 1 aromatic heterocycles. The monoisotopic (exact) mass is 337 g/mol. The van der Waals surface area contributed by atoms with Crippen molar-refractivity contribution in [3.63, 3.8) is 0 Å². The summed E-state index contributed by atoms with van der Waals surface area (Å²) in [6, 6.07) is 9.95. The Kier molecular flexibility index (Phi) is 4.59. The summed E-state index contributed by atoms with van der Waals surface area (Å²) in [5, 5.41) is 4.12. The quantitative estimate of drug-likeness (QED) is 0.862. The van der Waals surface area contributed by atoms with Gasteiger partial charge in [0.25, 0.3) is 5.91 Å². The van der Waals surface area contributed by atoms with Crippen LogP contribution in [0, 0.1) is 5.92 Å². The van der Waals surface area contributed by atoms with Crippen molar-refractivity contribution in [1.82, 2.24) is 14.7 Å². The molecule has 1 aliphatic rings. The number of aromatic nitrogens is 2. The molecule has 7 heteroatoms. The van der Waals surface area contributed by atoms with Crippen molar-refractivity contribution >= 4 is 5.91 Å². The maximum atomic E-state index is 13.0. The molecule has 2 unspecified atom stereocenters. The molecule has 1 aliphatic heterocycles. The lowest BCUT2D eigenvalue weighted by Crippen LogP contribution is -2.47. The number of alkyl halides is 3. The number of hydrogen-bond acceptors (Lipinski definition) is 2. The van der Waals surface area contributed by atoms with E-state index in [0.717, 1.165) is 0 Å².